The normalized spacial score (nSPS) is 20.1. The molecular weight excluding hydrogens is 216 g/mol. The van der Waals surface area contributed by atoms with E-state index in [0.717, 1.165) is 25.1 Å². The van der Waals surface area contributed by atoms with E-state index in [1.54, 1.807) is 4.90 Å². The molecule has 2 rings (SSSR count). The van der Waals surface area contributed by atoms with Gasteiger partial charge in [-0.25, -0.2) is 0 Å². The Kier molecular flexibility index (Phi) is 3.98. The SMILES string of the molecule is N[C@@H]1CCCN(C(=O)COc2ccccc2)C1. The number of rotatable bonds is 3. The predicted octanol–water partition coefficient (Wildman–Crippen LogP) is 1.02. The van der Waals surface area contributed by atoms with E-state index in [0.29, 0.717) is 6.54 Å². The van der Waals surface area contributed by atoms with Gasteiger partial charge in [0.25, 0.3) is 5.91 Å². The van der Waals surface area contributed by atoms with Gasteiger partial charge in [-0.15, -0.1) is 0 Å². The first-order chi connectivity index (χ1) is 8.25. The minimum Gasteiger partial charge on any atom is -0.484 e. The molecule has 0 unspecified atom stereocenters. The van der Waals surface area contributed by atoms with Crippen molar-refractivity contribution in [1.82, 2.24) is 4.90 Å². The van der Waals surface area contributed by atoms with Crippen molar-refractivity contribution in [2.45, 2.75) is 18.9 Å². The summed E-state index contributed by atoms with van der Waals surface area (Å²) >= 11 is 0. The first-order valence-corrected chi connectivity index (χ1v) is 5.97. The second-order valence-corrected chi connectivity index (χ2v) is 4.34. The molecule has 92 valence electrons. The molecule has 1 amide bonds. The minimum atomic E-state index is 0.0176. The van der Waals surface area contributed by atoms with Crippen LogP contribution in [-0.2, 0) is 4.79 Å². The average Bonchev–Trinajstić information content (AvgIpc) is 2.37. The van der Waals surface area contributed by atoms with Crippen molar-refractivity contribution in [3.8, 4) is 5.75 Å². The van der Waals surface area contributed by atoms with Gasteiger partial charge < -0.3 is 15.4 Å². The maximum Gasteiger partial charge on any atom is 0.260 e. The van der Waals surface area contributed by atoms with Crippen LogP contribution in [0.25, 0.3) is 0 Å². The Bertz CT molecular complexity index is 367. The highest BCUT2D eigenvalue weighted by atomic mass is 16.5. The number of hydrogen-bond donors (Lipinski definition) is 1. The second-order valence-electron chi connectivity index (χ2n) is 4.34. The van der Waals surface area contributed by atoms with Gasteiger partial charge in [-0.3, -0.25) is 4.79 Å². The number of benzene rings is 1. The summed E-state index contributed by atoms with van der Waals surface area (Å²) in [5.74, 6) is 0.742. The molecule has 1 heterocycles. The molecule has 1 aliphatic rings. The summed E-state index contributed by atoms with van der Waals surface area (Å²) in [6.07, 6.45) is 1.99. The molecule has 0 radical (unpaired) electrons. The van der Waals surface area contributed by atoms with Crippen LogP contribution in [0.15, 0.2) is 30.3 Å². The van der Waals surface area contributed by atoms with Crippen molar-refractivity contribution in [3.05, 3.63) is 30.3 Å². The molecular formula is C13H18N2O2. The molecule has 1 aliphatic heterocycles. The predicted molar refractivity (Wildman–Crippen MR) is 65.7 cm³/mol. The van der Waals surface area contributed by atoms with Gasteiger partial charge in [-0.05, 0) is 25.0 Å². The van der Waals surface area contributed by atoms with Gasteiger partial charge in [0.15, 0.2) is 6.61 Å². The van der Waals surface area contributed by atoms with Crippen molar-refractivity contribution >= 4 is 5.91 Å². The fourth-order valence-electron chi connectivity index (χ4n) is 1.99. The summed E-state index contributed by atoms with van der Waals surface area (Å²) in [5, 5.41) is 0. The van der Waals surface area contributed by atoms with Gasteiger partial charge in [-0.1, -0.05) is 18.2 Å². The highest BCUT2D eigenvalue weighted by molar-refractivity contribution is 5.77. The number of likely N-dealkylation sites (tertiary alicyclic amines) is 1. The van der Waals surface area contributed by atoms with Crippen molar-refractivity contribution in [3.63, 3.8) is 0 Å². The fourth-order valence-corrected chi connectivity index (χ4v) is 1.99. The molecule has 2 N–H and O–H groups in total. The first-order valence-electron chi connectivity index (χ1n) is 5.97. The summed E-state index contributed by atoms with van der Waals surface area (Å²) in [7, 11) is 0. The Balaban J connectivity index is 1.81. The highest BCUT2D eigenvalue weighted by Crippen LogP contribution is 2.11. The Morgan fingerprint density at radius 1 is 1.41 bits per heavy atom. The molecule has 0 aliphatic carbocycles. The third kappa shape index (κ3) is 3.46. The van der Waals surface area contributed by atoms with E-state index < -0.39 is 0 Å². The van der Waals surface area contributed by atoms with E-state index in [1.807, 2.05) is 30.3 Å². The number of nitrogens with two attached hydrogens (primary N) is 1. The Hall–Kier alpha value is -1.55. The third-order valence-electron chi connectivity index (χ3n) is 2.92. The fraction of sp³-hybridized carbons (Fsp3) is 0.462. The topological polar surface area (TPSA) is 55.6 Å². The van der Waals surface area contributed by atoms with E-state index >= 15 is 0 Å². The van der Waals surface area contributed by atoms with Crippen LogP contribution in [0, 0.1) is 0 Å². The maximum atomic E-state index is 11.9. The number of hydrogen-bond acceptors (Lipinski definition) is 3. The smallest absolute Gasteiger partial charge is 0.260 e. The molecule has 4 heteroatoms. The summed E-state index contributed by atoms with van der Waals surface area (Å²) in [5.41, 5.74) is 5.84. The van der Waals surface area contributed by atoms with E-state index in [1.165, 1.54) is 0 Å². The molecule has 1 atom stereocenters. The number of carbonyl (C=O) groups is 1. The third-order valence-corrected chi connectivity index (χ3v) is 2.92. The molecule has 0 saturated carbocycles. The van der Waals surface area contributed by atoms with E-state index in [9.17, 15) is 4.79 Å². The Morgan fingerprint density at radius 2 is 2.18 bits per heavy atom. The van der Waals surface area contributed by atoms with Gasteiger partial charge in [0.2, 0.25) is 0 Å². The average molecular weight is 234 g/mol. The number of ether oxygens (including phenoxy) is 1. The number of carbonyl (C=O) groups excluding carboxylic acids is 1. The van der Waals surface area contributed by atoms with Crippen molar-refractivity contribution in [1.29, 1.82) is 0 Å². The number of amides is 1. The molecule has 0 spiro atoms. The monoisotopic (exact) mass is 234 g/mol. The van der Waals surface area contributed by atoms with Crippen LogP contribution in [-0.4, -0.2) is 36.5 Å². The van der Waals surface area contributed by atoms with Crippen LogP contribution >= 0.6 is 0 Å². The highest BCUT2D eigenvalue weighted by Gasteiger charge is 2.21. The van der Waals surface area contributed by atoms with Gasteiger partial charge in [0.1, 0.15) is 5.75 Å². The van der Waals surface area contributed by atoms with Gasteiger partial charge in [-0.2, -0.15) is 0 Å². The zero-order valence-electron chi connectivity index (χ0n) is 9.84. The van der Waals surface area contributed by atoms with Crippen LogP contribution in [0.1, 0.15) is 12.8 Å². The molecule has 0 aromatic heterocycles. The summed E-state index contributed by atoms with van der Waals surface area (Å²) in [6.45, 7) is 1.54. The lowest BCUT2D eigenvalue weighted by Crippen LogP contribution is -2.47. The molecule has 1 saturated heterocycles. The van der Waals surface area contributed by atoms with Gasteiger partial charge in [0, 0.05) is 19.1 Å². The molecule has 1 aromatic rings. The van der Waals surface area contributed by atoms with Crippen molar-refractivity contribution < 1.29 is 9.53 Å². The van der Waals surface area contributed by atoms with E-state index in [-0.39, 0.29) is 18.6 Å². The maximum absolute atomic E-state index is 11.9. The van der Waals surface area contributed by atoms with E-state index in [2.05, 4.69) is 0 Å². The lowest BCUT2D eigenvalue weighted by molar-refractivity contribution is -0.134. The first kappa shape index (κ1) is 11.9. The zero-order valence-corrected chi connectivity index (χ0v) is 9.84. The van der Waals surface area contributed by atoms with E-state index in [4.69, 9.17) is 10.5 Å². The molecule has 0 bridgehead atoms. The van der Waals surface area contributed by atoms with Crippen LogP contribution in [0.2, 0.25) is 0 Å². The van der Waals surface area contributed by atoms with Crippen LogP contribution in [0.5, 0.6) is 5.75 Å². The Morgan fingerprint density at radius 3 is 2.88 bits per heavy atom. The number of para-hydroxylation sites is 1. The quantitative estimate of drug-likeness (QED) is 0.849. The number of nitrogens with zero attached hydrogens (tertiary/aromatic N) is 1. The standard InChI is InChI=1S/C13H18N2O2/c14-11-5-4-8-15(9-11)13(16)10-17-12-6-2-1-3-7-12/h1-3,6-7,11H,4-5,8-10,14H2/t11-/m1/s1. The minimum absolute atomic E-state index is 0.0176. The lowest BCUT2D eigenvalue weighted by Gasteiger charge is -2.30. The van der Waals surface area contributed by atoms with Crippen LogP contribution in [0.3, 0.4) is 0 Å². The molecule has 1 aromatic carbocycles. The summed E-state index contributed by atoms with van der Waals surface area (Å²) in [6, 6.07) is 9.49. The zero-order chi connectivity index (χ0) is 12.1. The molecule has 4 nitrogen and oxygen atoms in total. The van der Waals surface area contributed by atoms with Gasteiger partial charge in [0.05, 0.1) is 0 Å². The van der Waals surface area contributed by atoms with Crippen molar-refractivity contribution in [2.24, 2.45) is 5.73 Å². The Labute approximate surface area is 101 Å². The summed E-state index contributed by atoms with van der Waals surface area (Å²) in [4.78, 5) is 13.7. The van der Waals surface area contributed by atoms with Gasteiger partial charge >= 0.3 is 0 Å². The van der Waals surface area contributed by atoms with Crippen LogP contribution in [0.4, 0.5) is 0 Å². The molecule has 17 heavy (non-hydrogen) atoms. The summed E-state index contributed by atoms with van der Waals surface area (Å²) < 4.78 is 5.42. The molecule has 1 fully saturated rings. The second kappa shape index (κ2) is 5.68. The van der Waals surface area contributed by atoms with Crippen LogP contribution < -0.4 is 10.5 Å². The lowest BCUT2D eigenvalue weighted by atomic mass is 10.1. The number of piperidine rings is 1. The largest absolute Gasteiger partial charge is 0.484 e. The van der Waals surface area contributed by atoms with Crippen molar-refractivity contribution in [2.75, 3.05) is 19.7 Å².